The summed E-state index contributed by atoms with van der Waals surface area (Å²) < 4.78 is 3.93. The summed E-state index contributed by atoms with van der Waals surface area (Å²) in [6, 6.07) is 12.1. The van der Waals surface area contributed by atoms with Gasteiger partial charge in [-0.2, -0.15) is 10.2 Å². The molecular weight excluding hydrogens is 326 g/mol. The number of rotatable bonds is 3. The summed E-state index contributed by atoms with van der Waals surface area (Å²) in [5.41, 5.74) is 6.09. The van der Waals surface area contributed by atoms with E-state index in [1.54, 1.807) is 0 Å². The molecule has 0 spiro atoms. The Balaban J connectivity index is 1.54. The number of carbonyl (C=O) groups is 1. The zero-order valence-corrected chi connectivity index (χ0v) is 15.4. The molecule has 0 atom stereocenters. The quantitative estimate of drug-likeness (QED) is 0.730. The number of nitrogens with zero attached hydrogens (tertiary/aromatic N) is 5. The van der Waals surface area contributed by atoms with E-state index in [0.29, 0.717) is 19.5 Å². The Morgan fingerprint density at radius 3 is 2.62 bits per heavy atom. The molecule has 134 valence electrons. The van der Waals surface area contributed by atoms with Crippen LogP contribution in [-0.4, -0.2) is 36.9 Å². The third-order valence-corrected chi connectivity index (χ3v) is 5.04. The average molecular weight is 349 g/mol. The van der Waals surface area contributed by atoms with Crippen molar-refractivity contribution in [1.29, 1.82) is 0 Å². The van der Waals surface area contributed by atoms with Crippen LogP contribution in [0, 0.1) is 20.8 Å². The minimum Gasteiger partial charge on any atom is -0.335 e. The molecule has 26 heavy (non-hydrogen) atoms. The zero-order chi connectivity index (χ0) is 18.3. The number of benzene rings is 1. The van der Waals surface area contributed by atoms with Crippen molar-refractivity contribution in [2.75, 3.05) is 6.54 Å². The van der Waals surface area contributed by atoms with Gasteiger partial charge in [0.05, 0.1) is 42.3 Å². The number of aromatic nitrogens is 4. The highest BCUT2D eigenvalue weighted by Crippen LogP contribution is 2.20. The molecule has 1 aliphatic rings. The smallest absolute Gasteiger partial charge is 0.227 e. The molecule has 0 saturated carbocycles. The fourth-order valence-electron chi connectivity index (χ4n) is 3.64. The van der Waals surface area contributed by atoms with Crippen LogP contribution in [-0.2, 0) is 24.3 Å². The molecule has 0 saturated heterocycles. The maximum atomic E-state index is 12.9. The highest BCUT2D eigenvalue weighted by Gasteiger charge is 2.24. The highest BCUT2D eigenvalue weighted by molar-refractivity contribution is 5.79. The Morgan fingerprint density at radius 2 is 1.85 bits per heavy atom. The van der Waals surface area contributed by atoms with Crippen LogP contribution < -0.4 is 0 Å². The molecule has 3 aromatic rings. The van der Waals surface area contributed by atoms with E-state index in [9.17, 15) is 4.79 Å². The number of hydrogen-bond acceptors (Lipinski definition) is 3. The second-order valence-electron chi connectivity index (χ2n) is 6.89. The van der Waals surface area contributed by atoms with E-state index >= 15 is 0 Å². The van der Waals surface area contributed by atoms with Crippen molar-refractivity contribution in [3.05, 3.63) is 64.7 Å². The van der Waals surface area contributed by atoms with Gasteiger partial charge in [-0.05, 0) is 39.0 Å². The molecule has 6 nitrogen and oxygen atoms in total. The first kappa shape index (κ1) is 16.6. The zero-order valence-electron chi connectivity index (χ0n) is 15.4. The summed E-state index contributed by atoms with van der Waals surface area (Å²) in [5, 5.41) is 9.11. The number of carbonyl (C=O) groups excluding carboxylic acids is 1. The van der Waals surface area contributed by atoms with E-state index in [1.165, 1.54) is 0 Å². The summed E-state index contributed by atoms with van der Waals surface area (Å²) in [7, 11) is 0. The molecule has 0 unspecified atom stereocenters. The summed E-state index contributed by atoms with van der Waals surface area (Å²) in [6.07, 6.45) is 0.387. The maximum Gasteiger partial charge on any atom is 0.227 e. The molecule has 0 radical (unpaired) electrons. The summed E-state index contributed by atoms with van der Waals surface area (Å²) in [5.74, 6) is 0.147. The molecule has 0 fully saturated rings. The lowest BCUT2D eigenvalue weighted by Crippen LogP contribution is -2.39. The molecule has 0 aliphatic carbocycles. The number of fused-ring (bicyclic) bond motifs is 1. The van der Waals surface area contributed by atoms with Crippen LogP contribution in [0.3, 0.4) is 0 Å². The Hall–Kier alpha value is -2.89. The lowest BCUT2D eigenvalue weighted by Gasteiger charge is -2.27. The van der Waals surface area contributed by atoms with Crippen LogP contribution in [0.25, 0.3) is 5.69 Å². The molecule has 4 rings (SSSR count). The van der Waals surface area contributed by atoms with Crippen molar-refractivity contribution in [3.63, 3.8) is 0 Å². The van der Waals surface area contributed by atoms with Crippen LogP contribution >= 0.6 is 0 Å². The minimum absolute atomic E-state index is 0.147. The third-order valence-electron chi connectivity index (χ3n) is 5.04. The third kappa shape index (κ3) is 2.92. The molecular formula is C20H23N5O. The van der Waals surface area contributed by atoms with Gasteiger partial charge in [-0.1, -0.05) is 18.2 Å². The Kier molecular flexibility index (Phi) is 4.11. The lowest BCUT2D eigenvalue weighted by molar-refractivity contribution is -0.132. The molecule has 1 aliphatic heterocycles. The van der Waals surface area contributed by atoms with Gasteiger partial charge in [0, 0.05) is 17.8 Å². The summed E-state index contributed by atoms with van der Waals surface area (Å²) >= 11 is 0. The Morgan fingerprint density at radius 1 is 1.08 bits per heavy atom. The highest BCUT2D eigenvalue weighted by atomic mass is 16.2. The van der Waals surface area contributed by atoms with E-state index in [2.05, 4.69) is 16.3 Å². The van der Waals surface area contributed by atoms with E-state index in [1.807, 2.05) is 65.4 Å². The first-order valence-corrected chi connectivity index (χ1v) is 8.94. The van der Waals surface area contributed by atoms with Crippen LogP contribution in [0.15, 0.2) is 36.4 Å². The molecule has 0 N–H and O–H groups in total. The SMILES string of the molecule is Cc1cc2n(n1)CCN(C(=O)Cc1c(C)nn(-c3ccccc3)c1C)C2. The van der Waals surface area contributed by atoms with Gasteiger partial charge in [-0.15, -0.1) is 0 Å². The monoisotopic (exact) mass is 349 g/mol. The van der Waals surface area contributed by atoms with Crippen molar-refractivity contribution >= 4 is 5.91 Å². The minimum atomic E-state index is 0.147. The van der Waals surface area contributed by atoms with Crippen LogP contribution in [0.5, 0.6) is 0 Å². The second kappa shape index (κ2) is 6.44. The number of hydrogen-bond donors (Lipinski definition) is 0. The van der Waals surface area contributed by atoms with Crippen molar-refractivity contribution in [2.45, 2.75) is 40.3 Å². The molecule has 2 aromatic heterocycles. The van der Waals surface area contributed by atoms with Gasteiger partial charge in [0.25, 0.3) is 0 Å². The van der Waals surface area contributed by atoms with Crippen LogP contribution in [0.1, 0.15) is 28.3 Å². The standard InChI is InChI=1S/C20H23N5O/c1-14-11-18-13-23(9-10-24(18)21-14)20(26)12-19-15(2)22-25(16(19)3)17-7-5-4-6-8-17/h4-8,11H,9-10,12-13H2,1-3H3. The topological polar surface area (TPSA) is 56.0 Å². The molecule has 6 heteroatoms. The summed E-state index contributed by atoms with van der Waals surface area (Å²) in [4.78, 5) is 14.8. The number of para-hydroxylation sites is 1. The van der Waals surface area contributed by atoms with Crippen LogP contribution in [0.2, 0.25) is 0 Å². The molecule has 3 heterocycles. The van der Waals surface area contributed by atoms with E-state index in [4.69, 9.17) is 0 Å². The fraction of sp³-hybridized carbons (Fsp3) is 0.350. The molecule has 1 amide bonds. The van der Waals surface area contributed by atoms with Crippen molar-refractivity contribution < 1.29 is 4.79 Å². The Labute approximate surface area is 153 Å². The van der Waals surface area contributed by atoms with Gasteiger partial charge in [0.1, 0.15) is 0 Å². The van der Waals surface area contributed by atoms with Gasteiger partial charge in [0.15, 0.2) is 0 Å². The van der Waals surface area contributed by atoms with Crippen molar-refractivity contribution in [2.24, 2.45) is 0 Å². The van der Waals surface area contributed by atoms with Gasteiger partial charge in [-0.25, -0.2) is 4.68 Å². The molecule has 1 aromatic carbocycles. The van der Waals surface area contributed by atoms with Gasteiger partial charge in [-0.3, -0.25) is 9.48 Å². The Bertz CT molecular complexity index is 954. The summed E-state index contributed by atoms with van der Waals surface area (Å²) in [6.45, 7) is 8.09. The first-order valence-electron chi connectivity index (χ1n) is 8.94. The van der Waals surface area contributed by atoms with E-state index < -0.39 is 0 Å². The van der Waals surface area contributed by atoms with Crippen LogP contribution in [0.4, 0.5) is 0 Å². The molecule has 0 bridgehead atoms. The van der Waals surface area contributed by atoms with Crippen molar-refractivity contribution in [1.82, 2.24) is 24.5 Å². The largest absolute Gasteiger partial charge is 0.335 e. The van der Waals surface area contributed by atoms with Gasteiger partial charge < -0.3 is 4.90 Å². The average Bonchev–Trinajstić information content (AvgIpc) is 3.15. The van der Waals surface area contributed by atoms with Gasteiger partial charge in [0.2, 0.25) is 5.91 Å². The number of amides is 1. The normalized spacial score (nSPS) is 13.7. The predicted molar refractivity (Wildman–Crippen MR) is 99.1 cm³/mol. The first-order chi connectivity index (χ1) is 12.5. The number of aryl methyl sites for hydroxylation is 2. The maximum absolute atomic E-state index is 12.9. The van der Waals surface area contributed by atoms with E-state index in [-0.39, 0.29) is 5.91 Å². The van der Waals surface area contributed by atoms with Crippen molar-refractivity contribution in [3.8, 4) is 5.69 Å². The predicted octanol–water partition coefficient (Wildman–Crippen LogP) is 2.58. The fourth-order valence-corrected chi connectivity index (χ4v) is 3.64. The second-order valence-corrected chi connectivity index (χ2v) is 6.89. The van der Waals surface area contributed by atoms with Gasteiger partial charge >= 0.3 is 0 Å². The lowest BCUT2D eigenvalue weighted by atomic mass is 10.1. The van der Waals surface area contributed by atoms with E-state index in [0.717, 1.165) is 40.6 Å².